The van der Waals surface area contributed by atoms with Gasteiger partial charge < -0.3 is 10.3 Å². The molecule has 0 bridgehead atoms. The summed E-state index contributed by atoms with van der Waals surface area (Å²) in [4.78, 5) is 23.3. The van der Waals surface area contributed by atoms with E-state index in [-0.39, 0.29) is 12.3 Å². The molecule has 1 aliphatic rings. The predicted molar refractivity (Wildman–Crippen MR) is 90.3 cm³/mol. The van der Waals surface area contributed by atoms with Crippen molar-refractivity contribution in [2.75, 3.05) is 31.7 Å². The first-order chi connectivity index (χ1) is 12.3. The summed E-state index contributed by atoms with van der Waals surface area (Å²) >= 11 is 0. The number of anilines is 1. The highest BCUT2D eigenvalue weighted by molar-refractivity contribution is 5.86. The number of fused-ring (bicyclic) bond motifs is 1. The number of aromatic nitrogens is 3. The van der Waals surface area contributed by atoms with Crippen molar-refractivity contribution in [3.63, 3.8) is 0 Å². The van der Waals surface area contributed by atoms with E-state index in [1.807, 2.05) is 23.4 Å². The fourth-order valence-electron chi connectivity index (χ4n) is 3.27. The number of hydrogen-bond donors (Lipinski definition) is 2. The van der Waals surface area contributed by atoms with Gasteiger partial charge in [0, 0.05) is 32.8 Å². The average Bonchev–Trinajstić information content (AvgIpc) is 3.08. The van der Waals surface area contributed by atoms with Gasteiger partial charge in [0.25, 0.3) is 0 Å². The number of H-pyrrole nitrogens is 1. The third-order valence-corrected chi connectivity index (χ3v) is 4.52. The predicted octanol–water partition coefficient (Wildman–Crippen LogP) is 2.09. The van der Waals surface area contributed by atoms with Gasteiger partial charge in [-0.05, 0) is 24.8 Å². The van der Waals surface area contributed by atoms with Crippen molar-refractivity contribution >= 4 is 22.8 Å². The number of nitrogens with one attached hydrogen (secondary N) is 2. The normalized spacial score (nSPS) is 18.8. The highest BCUT2D eigenvalue weighted by atomic mass is 19.4. The maximum atomic E-state index is 12.2. The van der Waals surface area contributed by atoms with Crippen LogP contribution < -0.4 is 10.3 Å². The zero-order chi connectivity index (χ0) is 18.7. The number of hydrogen-bond acceptors (Lipinski definition) is 5. The van der Waals surface area contributed by atoms with Gasteiger partial charge in [0.15, 0.2) is 5.82 Å². The minimum atomic E-state index is -4.39. The van der Waals surface area contributed by atoms with E-state index in [2.05, 4.69) is 20.0 Å². The number of carbonyl (C=O) groups excluding carboxylic acids is 1. The summed E-state index contributed by atoms with van der Waals surface area (Å²) < 4.78 is 36.6. The molecule has 0 spiro atoms. The summed E-state index contributed by atoms with van der Waals surface area (Å²) in [7, 11) is 1.89. The van der Waals surface area contributed by atoms with Crippen LogP contribution in [0.25, 0.3) is 11.0 Å². The van der Waals surface area contributed by atoms with Crippen LogP contribution in [0.15, 0.2) is 18.6 Å². The molecule has 3 rings (SSSR count). The Labute approximate surface area is 148 Å². The van der Waals surface area contributed by atoms with Gasteiger partial charge in [0.2, 0.25) is 5.91 Å². The molecule has 1 unspecified atom stereocenters. The van der Waals surface area contributed by atoms with Crippen molar-refractivity contribution in [2.24, 2.45) is 5.92 Å². The third-order valence-electron chi connectivity index (χ3n) is 4.52. The monoisotopic (exact) mass is 370 g/mol. The molecule has 2 aromatic rings. The Morgan fingerprint density at radius 1 is 1.46 bits per heavy atom. The Balaban J connectivity index is 1.61. The first-order valence-corrected chi connectivity index (χ1v) is 8.43. The van der Waals surface area contributed by atoms with Crippen molar-refractivity contribution < 1.29 is 18.0 Å². The summed E-state index contributed by atoms with van der Waals surface area (Å²) in [5.41, 5.74) is 0.738. The number of alkyl halides is 3. The van der Waals surface area contributed by atoms with E-state index in [0.717, 1.165) is 36.2 Å². The first-order valence-electron chi connectivity index (χ1n) is 8.43. The lowest BCUT2D eigenvalue weighted by molar-refractivity contribution is -0.139. The molecule has 1 aliphatic heterocycles. The molecule has 142 valence electrons. The number of nitrogens with zero attached hydrogens (tertiary/aromatic N) is 4. The fourth-order valence-corrected chi connectivity index (χ4v) is 3.27. The Kier molecular flexibility index (Phi) is 5.30. The maximum Gasteiger partial charge on any atom is 0.405 e. The highest BCUT2D eigenvalue weighted by Crippen LogP contribution is 2.26. The van der Waals surface area contributed by atoms with E-state index in [9.17, 15) is 18.0 Å². The molecule has 0 saturated carbocycles. The van der Waals surface area contributed by atoms with E-state index in [4.69, 9.17) is 0 Å². The number of piperidine rings is 1. The van der Waals surface area contributed by atoms with Crippen LogP contribution in [0.5, 0.6) is 0 Å². The molecule has 1 saturated heterocycles. The fraction of sp³-hybridized carbons (Fsp3) is 0.562. The summed E-state index contributed by atoms with van der Waals surface area (Å²) in [6, 6.07) is 1.90. The van der Waals surface area contributed by atoms with E-state index in [1.165, 1.54) is 6.33 Å². The van der Waals surface area contributed by atoms with E-state index < -0.39 is 18.6 Å². The summed E-state index contributed by atoms with van der Waals surface area (Å²) in [5.74, 6) is 0.188. The molecule has 3 heterocycles. The topological polar surface area (TPSA) is 77.2 Å². The van der Waals surface area contributed by atoms with Crippen LogP contribution >= 0.6 is 0 Å². The Morgan fingerprint density at radius 3 is 3.04 bits per heavy atom. The van der Waals surface area contributed by atoms with Crippen molar-refractivity contribution in [1.82, 2.24) is 25.3 Å². The second-order valence-electron chi connectivity index (χ2n) is 6.48. The molecular formula is C16H21F3N6O. The standard InChI is InChI=1S/C16H21F3N6O/c1-24(15-12-4-5-20-14(12)22-10-23-15)25-6-2-3-11(8-25)7-13(26)21-9-16(17,18)19/h4-5,10-11H,2-3,6-9H2,1H3,(H,21,26)(H,20,22,23). The molecule has 1 amide bonds. The summed E-state index contributed by atoms with van der Waals surface area (Å²) in [6.45, 7) is 0.105. The molecule has 0 aromatic carbocycles. The average molecular weight is 370 g/mol. The molecule has 2 aromatic heterocycles. The van der Waals surface area contributed by atoms with Gasteiger partial charge in [-0.1, -0.05) is 0 Å². The van der Waals surface area contributed by atoms with Crippen molar-refractivity contribution in [3.05, 3.63) is 18.6 Å². The molecule has 1 atom stereocenters. The van der Waals surface area contributed by atoms with Crippen LogP contribution in [0.1, 0.15) is 19.3 Å². The molecule has 2 N–H and O–H groups in total. The minimum absolute atomic E-state index is 0.00277. The number of amides is 1. The second-order valence-corrected chi connectivity index (χ2v) is 6.48. The van der Waals surface area contributed by atoms with E-state index in [0.29, 0.717) is 6.54 Å². The lowest BCUT2D eigenvalue weighted by Gasteiger charge is -2.39. The van der Waals surface area contributed by atoms with Gasteiger partial charge in [-0.3, -0.25) is 9.80 Å². The largest absolute Gasteiger partial charge is 0.405 e. The van der Waals surface area contributed by atoms with Crippen molar-refractivity contribution in [1.29, 1.82) is 0 Å². The van der Waals surface area contributed by atoms with Gasteiger partial charge in [0.1, 0.15) is 18.5 Å². The van der Waals surface area contributed by atoms with E-state index >= 15 is 0 Å². The second kappa shape index (κ2) is 7.48. The molecule has 7 nitrogen and oxygen atoms in total. The summed E-state index contributed by atoms with van der Waals surface area (Å²) in [5, 5.41) is 6.83. The lowest BCUT2D eigenvalue weighted by atomic mass is 9.95. The van der Waals surface area contributed by atoms with Crippen LogP contribution in [-0.4, -0.2) is 58.7 Å². The maximum absolute atomic E-state index is 12.2. The number of aromatic amines is 1. The molecular weight excluding hydrogens is 349 g/mol. The number of rotatable bonds is 5. The number of carbonyl (C=O) groups is 1. The Hall–Kier alpha value is -2.36. The molecule has 0 aliphatic carbocycles. The smallest absolute Gasteiger partial charge is 0.347 e. The molecule has 1 fully saturated rings. The Bertz CT molecular complexity index is 762. The number of halogens is 3. The molecule has 26 heavy (non-hydrogen) atoms. The van der Waals surface area contributed by atoms with Crippen LogP contribution in [0.3, 0.4) is 0 Å². The van der Waals surface area contributed by atoms with Gasteiger partial charge >= 0.3 is 6.18 Å². The van der Waals surface area contributed by atoms with Crippen LogP contribution in [0.2, 0.25) is 0 Å². The van der Waals surface area contributed by atoms with Gasteiger partial charge in [-0.15, -0.1) is 0 Å². The van der Waals surface area contributed by atoms with Crippen LogP contribution in [-0.2, 0) is 4.79 Å². The summed E-state index contributed by atoms with van der Waals surface area (Å²) in [6.07, 6.45) is 0.653. The number of hydrazine groups is 1. The van der Waals surface area contributed by atoms with E-state index in [1.54, 1.807) is 6.20 Å². The first kappa shape index (κ1) is 18.4. The van der Waals surface area contributed by atoms with Crippen molar-refractivity contribution in [2.45, 2.75) is 25.4 Å². The van der Waals surface area contributed by atoms with Crippen molar-refractivity contribution in [3.8, 4) is 0 Å². The molecule has 10 heteroatoms. The van der Waals surface area contributed by atoms with Crippen LogP contribution in [0, 0.1) is 5.92 Å². The molecule has 0 radical (unpaired) electrons. The van der Waals surface area contributed by atoms with Gasteiger partial charge in [-0.2, -0.15) is 13.2 Å². The van der Waals surface area contributed by atoms with Gasteiger partial charge in [0.05, 0.1) is 5.39 Å². The zero-order valence-electron chi connectivity index (χ0n) is 14.4. The van der Waals surface area contributed by atoms with Gasteiger partial charge in [-0.25, -0.2) is 15.0 Å². The Morgan fingerprint density at radius 2 is 2.27 bits per heavy atom. The minimum Gasteiger partial charge on any atom is -0.347 e. The zero-order valence-corrected chi connectivity index (χ0v) is 14.4. The third kappa shape index (κ3) is 4.43. The SMILES string of the molecule is CN(c1ncnc2[nH]ccc12)N1CCCC(CC(=O)NCC(F)(F)F)C1. The van der Waals surface area contributed by atoms with Crippen LogP contribution in [0.4, 0.5) is 19.0 Å². The highest BCUT2D eigenvalue weighted by Gasteiger charge is 2.30. The quantitative estimate of drug-likeness (QED) is 0.843. The lowest BCUT2D eigenvalue weighted by Crippen LogP contribution is -2.47.